The lowest BCUT2D eigenvalue weighted by atomic mass is 10.2. The number of halogens is 1. The van der Waals surface area contributed by atoms with Crippen molar-refractivity contribution in [1.82, 2.24) is 4.90 Å². The van der Waals surface area contributed by atoms with Crippen molar-refractivity contribution in [2.24, 2.45) is 0 Å². The summed E-state index contributed by atoms with van der Waals surface area (Å²) in [5.74, 6) is 0.921. The average molecular weight is 390 g/mol. The number of ether oxygens (including phenoxy) is 2. The van der Waals surface area contributed by atoms with Crippen LogP contribution in [0.25, 0.3) is 0 Å². The highest BCUT2D eigenvalue weighted by molar-refractivity contribution is 6.32. The molecule has 1 fully saturated rings. The average Bonchev–Trinajstić information content (AvgIpc) is 2.69. The number of piperazine rings is 1. The first-order valence-electron chi connectivity index (χ1n) is 8.84. The highest BCUT2D eigenvalue weighted by atomic mass is 35.5. The number of methoxy groups -OCH3 is 2. The van der Waals surface area contributed by atoms with Gasteiger partial charge in [-0.15, -0.1) is 0 Å². The van der Waals surface area contributed by atoms with Crippen LogP contribution in [0, 0.1) is 0 Å². The van der Waals surface area contributed by atoms with E-state index < -0.39 is 0 Å². The minimum Gasteiger partial charge on any atom is -0.495 e. The van der Waals surface area contributed by atoms with Gasteiger partial charge in [-0.2, -0.15) is 0 Å². The van der Waals surface area contributed by atoms with Gasteiger partial charge >= 0.3 is 0 Å². The second-order valence-corrected chi connectivity index (χ2v) is 6.74. The van der Waals surface area contributed by atoms with Crippen molar-refractivity contribution >= 4 is 28.9 Å². The minimum absolute atomic E-state index is 0.0947. The molecular formula is C20H24ClN3O3. The van der Waals surface area contributed by atoms with Crippen LogP contribution >= 0.6 is 11.6 Å². The van der Waals surface area contributed by atoms with Crippen molar-refractivity contribution in [3.05, 3.63) is 47.5 Å². The molecule has 1 heterocycles. The van der Waals surface area contributed by atoms with Crippen molar-refractivity contribution in [3.63, 3.8) is 0 Å². The van der Waals surface area contributed by atoms with Crippen LogP contribution in [-0.2, 0) is 4.79 Å². The molecule has 7 heteroatoms. The third kappa shape index (κ3) is 4.84. The molecule has 1 aliphatic rings. The van der Waals surface area contributed by atoms with Gasteiger partial charge in [0.25, 0.3) is 0 Å². The van der Waals surface area contributed by atoms with Gasteiger partial charge in [0.1, 0.15) is 11.5 Å². The third-order valence-electron chi connectivity index (χ3n) is 4.61. The third-order valence-corrected chi connectivity index (χ3v) is 4.90. The molecule has 0 aromatic heterocycles. The second-order valence-electron chi connectivity index (χ2n) is 6.33. The Kier molecular flexibility index (Phi) is 6.42. The zero-order valence-corrected chi connectivity index (χ0v) is 16.3. The highest BCUT2D eigenvalue weighted by Gasteiger charge is 2.20. The summed E-state index contributed by atoms with van der Waals surface area (Å²) < 4.78 is 10.5. The van der Waals surface area contributed by atoms with Gasteiger partial charge in [0.15, 0.2) is 0 Å². The van der Waals surface area contributed by atoms with Crippen molar-refractivity contribution in [2.45, 2.75) is 0 Å². The maximum absolute atomic E-state index is 12.5. The van der Waals surface area contributed by atoms with Crippen LogP contribution in [-0.4, -0.2) is 57.8 Å². The monoisotopic (exact) mass is 389 g/mol. The number of amides is 1. The van der Waals surface area contributed by atoms with Gasteiger partial charge in [0.2, 0.25) is 5.91 Å². The number of para-hydroxylation sites is 1. The Morgan fingerprint density at radius 1 is 1.04 bits per heavy atom. The lowest BCUT2D eigenvalue weighted by molar-refractivity contribution is -0.117. The summed E-state index contributed by atoms with van der Waals surface area (Å²) in [6.45, 7) is 3.80. The van der Waals surface area contributed by atoms with Gasteiger partial charge in [0, 0.05) is 37.9 Å². The fourth-order valence-corrected chi connectivity index (χ4v) is 3.39. The van der Waals surface area contributed by atoms with E-state index in [1.807, 2.05) is 18.2 Å². The summed E-state index contributed by atoms with van der Waals surface area (Å²) in [6, 6.07) is 13.6. The van der Waals surface area contributed by atoms with E-state index in [2.05, 4.69) is 27.2 Å². The molecular weight excluding hydrogens is 366 g/mol. The van der Waals surface area contributed by atoms with Gasteiger partial charge in [-0.25, -0.2) is 0 Å². The molecule has 2 aromatic carbocycles. The predicted molar refractivity (Wildman–Crippen MR) is 108 cm³/mol. The van der Waals surface area contributed by atoms with E-state index in [0.717, 1.165) is 26.2 Å². The Morgan fingerprint density at radius 2 is 1.70 bits per heavy atom. The summed E-state index contributed by atoms with van der Waals surface area (Å²) in [5.41, 5.74) is 1.76. The number of rotatable bonds is 6. The van der Waals surface area contributed by atoms with Crippen LogP contribution in [0.15, 0.2) is 42.5 Å². The molecule has 0 aliphatic carbocycles. The molecule has 0 atom stereocenters. The minimum atomic E-state index is -0.0947. The first kappa shape index (κ1) is 19.3. The quantitative estimate of drug-likeness (QED) is 0.822. The molecule has 0 bridgehead atoms. The molecule has 0 spiro atoms. The Bertz CT molecular complexity index is 778. The van der Waals surface area contributed by atoms with Crippen molar-refractivity contribution in [1.29, 1.82) is 0 Å². The van der Waals surface area contributed by atoms with Gasteiger partial charge in [0.05, 0.1) is 31.5 Å². The van der Waals surface area contributed by atoms with E-state index in [-0.39, 0.29) is 5.91 Å². The van der Waals surface area contributed by atoms with Gasteiger partial charge < -0.3 is 19.7 Å². The fourth-order valence-electron chi connectivity index (χ4n) is 3.15. The Hall–Kier alpha value is -2.44. The van der Waals surface area contributed by atoms with Crippen LogP contribution in [0.5, 0.6) is 11.5 Å². The molecule has 3 rings (SSSR count). The predicted octanol–water partition coefficient (Wildman–Crippen LogP) is 3.12. The van der Waals surface area contributed by atoms with Crippen LogP contribution < -0.4 is 19.7 Å². The topological polar surface area (TPSA) is 54.0 Å². The molecule has 0 unspecified atom stereocenters. The number of benzene rings is 2. The van der Waals surface area contributed by atoms with Gasteiger partial charge in [-0.1, -0.05) is 29.8 Å². The smallest absolute Gasteiger partial charge is 0.238 e. The van der Waals surface area contributed by atoms with Crippen molar-refractivity contribution < 1.29 is 14.3 Å². The summed E-state index contributed by atoms with van der Waals surface area (Å²) in [6.07, 6.45) is 0. The number of hydrogen-bond donors (Lipinski definition) is 1. The molecule has 2 aromatic rings. The van der Waals surface area contributed by atoms with E-state index in [1.54, 1.807) is 19.2 Å². The molecule has 0 saturated carbocycles. The highest BCUT2D eigenvalue weighted by Crippen LogP contribution is 2.35. The number of hydrogen-bond acceptors (Lipinski definition) is 5. The lowest BCUT2D eigenvalue weighted by Crippen LogP contribution is -2.48. The molecule has 6 nitrogen and oxygen atoms in total. The number of nitrogens with one attached hydrogen (secondary N) is 1. The maximum Gasteiger partial charge on any atom is 0.238 e. The number of anilines is 2. The van der Waals surface area contributed by atoms with Gasteiger partial charge in [-0.3, -0.25) is 9.69 Å². The van der Waals surface area contributed by atoms with E-state index in [1.165, 1.54) is 12.8 Å². The number of nitrogens with zero attached hydrogens (tertiary/aromatic N) is 2. The SMILES string of the molecule is COc1cc(OC)c(NC(=O)CN2CCN(c3ccccc3)CC2)cc1Cl. The second kappa shape index (κ2) is 8.97. The van der Waals surface area contributed by atoms with E-state index in [4.69, 9.17) is 21.1 Å². The summed E-state index contributed by atoms with van der Waals surface area (Å²) in [4.78, 5) is 16.9. The summed E-state index contributed by atoms with van der Waals surface area (Å²) in [5, 5.41) is 3.31. The number of carbonyl (C=O) groups excluding carboxylic acids is 1. The summed E-state index contributed by atoms with van der Waals surface area (Å²) in [7, 11) is 3.08. The van der Waals surface area contributed by atoms with Crippen LogP contribution in [0.1, 0.15) is 0 Å². The standard InChI is InChI=1S/C20H24ClN3O3/c1-26-18-13-19(27-2)17(12-16(18)21)22-20(25)14-23-8-10-24(11-9-23)15-6-4-3-5-7-15/h3-7,12-13H,8-11,14H2,1-2H3,(H,22,25). The van der Waals surface area contributed by atoms with Crippen LogP contribution in [0.4, 0.5) is 11.4 Å². The zero-order chi connectivity index (χ0) is 19.2. The molecule has 1 saturated heterocycles. The normalized spacial score (nSPS) is 14.7. The van der Waals surface area contributed by atoms with E-state index >= 15 is 0 Å². The van der Waals surface area contributed by atoms with Crippen LogP contribution in [0.3, 0.4) is 0 Å². The van der Waals surface area contributed by atoms with Crippen molar-refractivity contribution in [3.8, 4) is 11.5 Å². The molecule has 27 heavy (non-hydrogen) atoms. The Morgan fingerprint density at radius 3 is 2.33 bits per heavy atom. The van der Waals surface area contributed by atoms with Crippen molar-refractivity contribution in [2.75, 3.05) is 57.2 Å². The Balaban J connectivity index is 1.55. The summed E-state index contributed by atoms with van der Waals surface area (Å²) >= 11 is 6.16. The lowest BCUT2D eigenvalue weighted by Gasteiger charge is -2.35. The number of carbonyl (C=O) groups is 1. The molecule has 0 radical (unpaired) electrons. The van der Waals surface area contributed by atoms with E-state index in [0.29, 0.717) is 28.8 Å². The molecule has 1 aliphatic heterocycles. The first-order chi connectivity index (χ1) is 13.1. The fraction of sp³-hybridized carbons (Fsp3) is 0.350. The van der Waals surface area contributed by atoms with Gasteiger partial charge in [-0.05, 0) is 18.2 Å². The molecule has 144 valence electrons. The Labute approximate surface area is 164 Å². The maximum atomic E-state index is 12.5. The molecule has 1 N–H and O–H groups in total. The van der Waals surface area contributed by atoms with E-state index in [9.17, 15) is 4.79 Å². The first-order valence-corrected chi connectivity index (χ1v) is 9.22. The van der Waals surface area contributed by atoms with Crippen LogP contribution in [0.2, 0.25) is 5.02 Å². The largest absolute Gasteiger partial charge is 0.495 e. The zero-order valence-electron chi connectivity index (χ0n) is 15.6. The molecule has 1 amide bonds.